The Hall–Kier alpha value is -1.84. The van der Waals surface area contributed by atoms with Crippen LogP contribution in [0, 0.1) is 0 Å². The third kappa shape index (κ3) is 3.08. The van der Waals surface area contributed by atoms with Gasteiger partial charge in [0.15, 0.2) is 0 Å². The Morgan fingerprint density at radius 1 is 1.31 bits per heavy atom. The standard InChI is InChI=1S/C12H16N2O2/c1-3-11(12(13)16)9-4-6-10(7-5-9)14-8(2)15/h4-7,11H,3H2,1-2H3,(H2,13,16)(H,14,15). The maximum absolute atomic E-state index is 11.1. The van der Waals surface area contributed by atoms with Crippen LogP contribution in [0.2, 0.25) is 0 Å². The molecule has 0 aromatic heterocycles. The lowest BCUT2D eigenvalue weighted by Gasteiger charge is -2.11. The number of amides is 2. The average molecular weight is 220 g/mol. The van der Waals surface area contributed by atoms with Crippen molar-refractivity contribution < 1.29 is 9.59 Å². The van der Waals surface area contributed by atoms with E-state index in [0.29, 0.717) is 6.42 Å². The van der Waals surface area contributed by atoms with Crippen LogP contribution in [0.1, 0.15) is 31.7 Å². The van der Waals surface area contributed by atoms with E-state index >= 15 is 0 Å². The molecule has 0 heterocycles. The molecule has 0 aliphatic rings. The summed E-state index contributed by atoms with van der Waals surface area (Å²) in [6.07, 6.45) is 0.675. The summed E-state index contributed by atoms with van der Waals surface area (Å²) in [6, 6.07) is 7.15. The van der Waals surface area contributed by atoms with Crippen molar-refractivity contribution in [2.75, 3.05) is 5.32 Å². The molecule has 0 saturated heterocycles. The molecule has 1 atom stereocenters. The van der Waals surface area contributed by atoms with Crippen LogP contribution in [0.3, 0.4) is 0 Å². The van der Waals surface area contributed by atoms with Crippen molar-refractivity contribution in [1.82, 2.24) is 0 Å². The van der Waals surface area contributed by atoms with Gasteiger partial charge >= 0.3 is 0 Å². The van der Waals surface area contributed by atoms with Crippen LogP contribution in [0.4, 0.5) is 5.69 Å². The Bertz CT molecular complexity index is 385. The SMILES string of the molecule is CCC(C(N)=O)c1ccc(NC(C)=O)cc1. The zero-order valence-corrected chi connectivity index (χ0v) is 9.49. The highest BCUT2D eigenvalue weighted by Crippen LogP contribution is 2.20. The van der Waals surface area contributed by atoms with Gasteiger partial charge in [0, 0.05) is 12.6 Å². The Balaban J connectivity index is 2.85. The Kier molecular flexibility index (Phi) is 4.05. The van der Waals surface area contributed by atoms with Gasteiger partial charge in [-0.1, -0.05) is 19.1 Å². The third-order valence-electron chi connectivity index (χ3n) is 2.39. The molecular formula is C12H16N2O2. The van der Waals surface area contributed by atoms with E-state index in [1.807, 2.05) is 19.1 Å². The molecular weight excluding hydrogens is 204 g/mol. The maximum Gasteiger partial charge on any atom is 0.224 e. The topological polar surface area (TPSA) is 72.2 Å². The van der Waals surface area contributed by atoms with Crippen molar-refractivity contribution in [2.24, 2.45) is 5.73 Å². The number of hydrogen-bond acceptors (Lipinski definition) is 2. The molecule has 1 rings (SSSR count). The zero-order chi connectivity index (χ0) is 12.1. The first kappa shape index (κ1) is 12.2. The van der Waals surface area contributed by atoms with Gasteiger partial charge in [0.2, 0.25) is 11.8 Å². The molecule has 1 aromatic rings. The highest BCUT2D eigenvalue weighted by molar-refractivity contribution is 5.88. The minimum absolute atomic E-state index is 0.116. The lowest BCUT2D eigenvalue weighted by Crippen LogP contribution is -2.20. The Labute approximate surface area is 94.8 Å². The molecule has 0 spiro atoms. The van der Waals surface area contributed by atoms with Crippen molar-refractivity contribution in [2.45, 2.75) is 26.2 Å². The average Bonchev–Trinajstić information content (AvgIpc) is 2.20. The minimum atomic E-state index is -0.324. The number of carbonyl (C=O) groups excluding carboxylic acids is 2. The van der Waals surface area contributed by atoms with E-state index in [1.165, 1.54) is 6.92 Å². The second-order valence-corrected chi connectivity index (χ2v) is 3.67. The predicted molar refractivity (Wildman–Crippen MR) is 63.0 cm³/mol. The molecule has 0 fully saturated rings. The van der Waals surface area contributed by atoms with Crippen LogP contribution in [-0.2, 0) is 9.59 Å². The number of primary amides is 1. The lowest BCUT2D eigenvalue weighted by molar-refractivity contribution is -0.119. The first-order valence-electron chi connectivity index (χ1n) is 5.21. The van der Waals surface area contributed by atoms with Crippen LogP contribution in [0.15, 0.2) is 24.3 Å². The highest BCUT2D eigenvalue weighted by Gasteiger charge is 2.14. The number of rotatable bonds is 4. The number of hydrogen-bond donors (Lipinski definition) is 2. The van der Waals surface area contributed by atoms with Gasteiger partial charge in [0.05, 0.1) is 5.92 Å². The summed E-state index contributed by atoms with van der Waals surface area (Å²) in [5.74, 6) is -0.698. The summed E-state index contributed by atoms with van der Waals surface area (Å²) in [6.45, 7) is 3.36. The van der Waals surface area contributed by atoms with Crippen molar-refractivity contribution in [3.63, 3.8) is 0 Å². The largest absolute Gasteiger partial charge is 0.369 e. The summed E-state index contributed by atoms with van der Waals surface area (Å²) in [5, 5.41) is 2.66. The van der Waals surface area contributed by atoms with Crippen LogP contribution in [0.25, 0.3) is 0 Å². The summed E-state index contributed by atoms with van der Waals surface area (Å²) in [4.78, 5) is 22.0. The fraction of sp³-hybridized carbons (Fsp3) is 0.333. The number of benzene rings is 1. The quantitative estimate of drug-likeness (QED) is 0.809. The van der Waals surface area contributed by atoms with Gasteiger partial charge < -0.3 is 11.1 Å². The first-order chi connectivity index (χ1) is 7.54. The second-order valence-electron chi connectivity index (χ2n) is 3.67. The number of carbonyl (C=O) groups is 2. The van der Waals surface area contributed by atoms with E-state index < -0.39 is 0 Å². The van der Waals surface area contributed by atoms with Gasteiger partial charge in [-0.05, 0) is 24.1 Å². The smallest absolute Gasteiger partial charge is 0.224 e. The number of anilines is 1. The molecule has 1 unspecified atom stereocenters. The van der Waals surface area contributed by atoms with E-state index in [2.05, 4.69) is 5.32 Å². The lowest BCUT2D eigenvalue weighted by atomic mass is 9.96. The molecule has 0 aliphatic carbocycles. The summed E-state index contributed by atoms with van der Waals surface area (Å²) in [7, 11) is 0. The van der Waals surface area contributed by atoms with Gasteiger partial charge in [0.1, 0.15) is 0 Å². The molecule has 2 amide bonds. The summed E-state index contributed by atoms with van der Waals surface area (Å²) < 4.78 is 0. The molecule has 0 radical (unpaired) electrons. The van der Waals surface area contributed by atoms with E-state index in [4.69, 9.17) is 5.73 Å². The minimum Gasteiger partial charge on any atom is -0.369 e. The molecule has 86 valence electrons. The predicted octanol–water partition coefficient (Wildman–Crippen LogP) is 1.62. The Morgan fingerprint density at radius 2 is 1.88 bits per heavy atom. The van der Waals surface area contributed by atoms with Gasteiger partial charge in [-0.15, -0.1) is 0 Å². The van der Waals surface area contributed by atoms with Crippen molar-refractivity contribution in [3.05, 3.63) is 29.8 Å². The molecule has 4 heteroatoms. The zero-order valence-electron chi connectivity index (χ0n) is 9.49. The fourth-order valence-electron chi connectivity index (χ4n) is 1.60. The molecule has 4 nitrogen and oxygen atoms in total. The normalized spacial score (nSPS) is 11.9. The summed E-state index contributed by atoms with van der Waals surface area (Å²) >= 11 is 0. The Morgan fingerprint density at radius 3 is 2.25 bits per heavy atom. The second kappa shape index (κ2) is 5.30. The fourth-order valence-corrected chi connectivity index (χ4v) is 1.60. The summed E-state index contributed by atoms with van der Waals surface area (Å²) in [5.41, 5.74) is 6.89. The van der Waals surface area contributed by atoms with Crippen LogP contribution in [-0.4, -0.2) is 11.8 Å². The van der Waals surface area contributed by atoms with Crippen molar-refractivity contribution in [1.29, 1.82) is 0 Å². The van der Waals surface area contributed by atoms with E-state index in [1.54, 1.807) is 12.1 Å². The van der Waals surface area contributed by atoms with Crippen LogP contribution >= 0.6 is 0 Å². The monoisotopic (exact) mass is 220 g/mol. The van der Waals surface area contributed by atoms with E-state index in [0.717, 1.165) is 11.3 Å². The van der Waals surface area contributed by atoms with Gasteiger partial charge in [0.25, 0.3) is 0 Å². The van der Waals surface area contributed by atoms with Gasteiger partial charge in [-0.25, -0.2) is 0 Å². The first-order valence-corrected chi connectivity index (χ1v) is 5.21. The van der Waals surface area contributed by atoms with Crippen LogP contribution in [0.5, 0.6) is 0 Å². The van der Waals surface area contributed by atoms with Crippen molar-refractivity contribution in [3.8, 4) is 0 Å². The highest BCUT2D eigenvalue weighted by atomic mass is 16.1. The van der Waals surface area contributed by atoms with E-state index in [9.17, 15) is 9.59 Å². The molecule has 0 saturated carbocycles. The third-order valence-corrected chi connectivity index (χ3v) is 2.39. The van der Waals surface area contributed by atoms with E-state index in [-0.39, 0.29) is 17.7 Å². The van der Waals surface area contributed by atoms with Gasteiger partial charge in [-0.3, -0.25) is 9.59 Å². The maximum atomic E-state index is 11.1. The molecule has 1 aromatic carbocycles. The number of nitrogens with two attached hydrogens (primary N) is 1. The van der Waals surface area contributed by atoms with Gasteiger partial charge in [-0.2, -0.15) is 0 Å². The number of nitrogens with one attached hydrogen (secondary N) is 1. The molecule has 0 aliphatic heterocycles. The van der Waals surface area contributed by atoms with Crippen LogP contribution < -0.4 is 11.1 Å². The molecule has 3 N–H and O–H groups in total. The molecule has 16 heavy (non-hydrogen) atoms. The van der Waals surface area contributed by atoms with Crippen molar-refractivity contribution >= 4 is 17.5 Å². The molecule has 0 bridgehead atoms.